The number of carbonyl (C=O) groups excluding carboxylic acids is 1. The number of hydrogen-bond donors (Lipinski definition) is 3. The lowest BCUT2D eigenvalue weighted by atomic mass is 9.96. The van der Waals surface area contributed by atoms with Crippen molar-refractivity contribution in [2.75, 3.05) is 11.9 Å². The first-order valence-corrected chi connectivity index (χ1v) is 6.34. The first kappa shape index (κ1) is 12.9. The maximum Gasteiger partial charge on any atom is 0.221 e. The summed E-state index contributed by atoms with van der Waals surface area (Å²) in [6.45, 7) is 6.26. The highest BCUT2D eigenvalue weighted by Crippen LogP contribution is 2.38. The molecule has 1 aliphatic heterocycles. The van der Waals surface area contributed by atoms with Crippen LogP contribution in [0.4, 0.5) is 5.69 Å². The summed E-state index contributed by atoms with van der Waals surface area (Å²) in [5, 5.41) is 16.4. The maximum atomic E-state index is 11.2. The summed E-state index contributed by atoms with van der Waals surface area (Å²) in [6.07, 6.45) is 2.18. The third kappa shape index (κ3) is 2.34. The van der Waals surface area contributed by atoms with Crippen LogP contribution in [0.3, 0.4) is 0 Å². The second kappa shape index (κ2) is 4.98. The van der Waals surface area contributed by atoms with Gasteiger partial charge in [0.15, 0.2) is 0 Å². The fourth-order valence-corrected chi connectivity index (χ4v) is 2.59. The van der Waals surface area contributed by atoms with Crippen molar-refractivity contribution in [1.82, 2.24) is 5.32 Å². The number of phenolic OH excluding ortho intramolecular Hbond substituents is 1. The van der Waals surface area contributed by atoms with Crippen LogP contribution in [0.15, 0.2) is 6.07 Å². The molecule has 0 spiro atoms. The van der Waals surface area contributed by atoms with Crippen molar-refractivity contribution in [1.29, 1.82) is 0 Å². The zero-order chi connectivity index (χ0) is 13.3. The van der Waals surface area contributed by atoms with Gasteiger partial charge in [-0.05, 0) is 44.9 Å². The van der Waals surface area contributed by atoms with E-state index in [0.717, 1.165) is 41.8 Å². The van der Waals surface area contributed by atoms with Gasteiger partial charge in [-0.25, -0.2) is 0 Å². The molecule has 4 heteroatoms. The number of nitrogens with one attached hydrogen (secondary N) is 2. The molecular weight excluding hydrogens is 228 g/mol. The Morgan fingerprint density at radius 1 is 1.50 bits per heavy atom. The number of rotatable bonds is 2. The first-order chi connectivity index (χ1) is 8.50. The van der Waals surface area contributed by atoms with Crippen LogP contribution in [0.2, 0.25) is 0 Å². The minimum absolute atomic E-state index is 0.118. The van der Waals surface area contributed by atoms with E-state index in [0.29, 0.717) is 5.75 Å². The van der Waals surface area contributed by atoms with Crippen molar-refractivity contribution in [2.45, 2.75) is 39.7 Å². The van der Waals surface area contributed by atoms with Crippen LogP contribution in [0.5, 0.6) is 5.75 Å². The van der Waals surface area contributed by atoms with E-state index in [2.05, 4.69) is 10.6 Å². The summed E-state index contributed by atoms with van der Waals surface area (Å²) >= 11 is 0. The van der Waals surface area contributed by atoms with Gasteiger partial charge < -0.3 is 15.7 Å². The molecule has 1 atom stereocenters. The highest BCUT2D eigenvalue weighted by molar-refractivity contribution is 5.91. The van der Waals surface area contributed by atoms with E-state index in [1.54, 1.807) is 0 Å². The average molecular weight is 248 g/mol. The molecule has 1 aromatic rings. The van der Waals surface area contributed by atoms with Crippen molar-refractivity contribution >= 4 is 11.6 Å². The lowest BCUT2D eigenvalue weighted by Crippen LogP contribution is -2.15. The monoisotopic (exact) mass is 248 g/mol. The topological polar surface area (TPSA) is 61.4 Å². The molecule has 1 saturated heterocycles. The van der Waals surface area contributed by atoms with Crippen LogP contribution in [-0.2, 0) is 4.79 Å². The molecule has 1 aromatic carbocycles. The number of hydrogen-bond acceptors (Lipinski definition) is 3. The van der Waals surface area contributed by atoms with Crippen molar-refractivity contribution in [3.05, 3.63) is 22.8 Å². The van der Waals surface area contributed by atoms with Gasteiger partial charge in [0.1, 0.15) is 5.75 Å². The predicted molar refractivity (Wildman–Crippen MR) is 71.9 cm³/mol. The van der Waals surface area contributed by atoms with Gasteiger partial charge in [-0.3, -0.25) is 4.79 Å². The Labute approximate surface area is 107 Å². The Balaban J connectivity index is 2.43. The molecule has 1 aliphatic rings. The second-order valence-corrected chi connectivity index (χ2v) is 4.96. The Morgan fingerprint density at radius 2 is 2.22 bits per heavy atom. The predicted octanol–water partition coefficient (Wildman–Crippen LogP) is 2.39. The summed E-state index contributed by atoms with van der Waals surface area (Å²) < 4.78 is 0. The molecule has 0 aliphatic carbocycles. The number of amides is 1. The Bertz CT molecular complexity index is 477. The van der Waals surface area contributed by atoms with Gasteiger partial charge in [0.25, 0.3) is 0 Å². The van der Waals surface area contributed by atoms with Gasteiger partial charge in [0.2, 0.25) is 5.91 Å². The number of anilines is 1. The first-order valence-electron chi connectivity index (χ1n) is 6.34. The molecule has 0 unspecified atom stereocenters. The molecule has 3 N–H and O–H groups in total. The van der Waals surface area contributed by atoms with E-state index >= 15 is 0 Å². The van der Waals surface area contributed by atoms with Gasteiger partial charge in [-0.2, -0.15) is 0 Å². The lowest BCUT2D eigenvalue weighted by molar-refractivity contribution is -0.114. The zero-order valence-corrected chi connectivity index (χ0v) is 11.1. The van der Waals surface area contributed by atoms with Crippen LogP contribution in [0, 0.1) is 13.8 Å². The van der Waals surface area contributed by atoms with E-state index in [4.69, 9.17) is 0 Å². The molecule has 18 heavy (non-hydrogen) atoms. The molecule has 0 radical (unpaired) electrons. The molecule has 4 nitrogen and oxygen atoms in total. The standard InChI is InChI=1S/C14H20N2O2/c1-8-7-11(12-5-4-6-15-12)14(18)9(2)13(8)16-10(3)17/h7,12,15,18H,4-6H2,1-3H3,(H,16,17)/t12-/m0/s1. The minimum atomic E-state index is -0.118. The Morgan fingerprint density at radius 3 is 2.78 bits per heavy atom. The van der Waals surface area contributed by atoms with Crippen molar-refractivity contribution < 1.29 is 9.90 Å². The average Bonchev–Trinajstić information content (AvgIpc) is 2.82. The number of aromatic hydroxyl groups is 1. The van der Waals surface area contributed by atoms with Crippen molar-refractivity contribution in [3.63, 3.8) is 0 Å². The Hall–Kier alpha value is -1.55. The van der Waals surface area contributed by atoms with Gasteiger partial charge in [0.05, 0.1) is 5.69 Å². The maximum absolute atomic E-state index is 11.2. The van der Waals surface area contributed by atoms with Gasteiger partial charge >= 0.3 is 0 Å². The van der Waals surface area contributed by atoms with Gasteiger partial charge in [-0.1, -0.05) is 0 Å². The molecule has 0 bridgehead atoms. The summed E-state index contributed by atoms with van der Waals surface area (Å²) in [4.78, 5) is 11.2. The number of carbonyl (C=O) groups is 1. The number of aryl methyl sites for hydroxylation is 1. The highest BCUT2D eigenvalue weighted by Gasteiger charge is 2.22. The van der Waals surface area contributed by atoms with Gasteiger partial charge in [-0.15, -0.1) is 0 Å². The quantitative estimate of drug-likeness (QED) is 0.753. The van der Waals surface area contributed by atoms with Crippen molar-refractivity contribution in [2.24, 2.45) is 0 Å². The SMILES string of the molecule is CC(=O)Nc1c(C)cc([C@@H]2CCCN2)c(O)c1C. The van der Waals surface area contributed by atoms with E-state index < -0.39 is 0 Å². The summed E-state index contributed by atoms with van der Waals surface area (Å²) in [6, 6.07) is 2.20. The molecule has 1 heterocycles. The molecule has 1 fully saturated rings. The molecule has 0 saturated carbocycles. The fraction of sp³-hybridized carbons (Fsp3) is 0.500. The van der Waals surface area contributed by atoms with Gasteiger partial charge in [0, 0.05) is 24.1 Å². The highest BCUT2D eigenvalue weighted by atomic mass is 16.3. The summed E-state index contributed by atoms with van der Waals surface area (Å²) in [5.41, 5.74) is 3.40. The Kier molecular flexibility index (Phi) is 3.57. The minimum Gasteiger partial charge on any atom is -0.507 e. The lowest BCUT2D eigenvalue weighted by Gasteiger charge is -2.19. The van der Waals surface area contributed by atoms with Crippen LogP contribution >= 0.6 is 0 Å². The third-order valence-corrected chi connectivity index (χ3v) is 3.51. The number of benzene rings is 1. The van der Waals surface area contributed by atoms with Crippen molar-refractivity contribution in [3.8, 4) is 5.75 Å². The van der Waals surface area contributed by atoms with Crippen LogP contribution in [0.1, 0.15) is 42.5 Å². The van der Waals surface area contributed by atoms with Crippen LogP contribution in [0.25, 0.3) is 0 Å². The summed E-state index contributed by atoms with van der Waals surface area (Å²) in [7, 11) is 0. The van der Waals surface area contributed by atoms with E-state index in [1.165, 1.54) is 6.92 Å². The number of phenols is 1. The summed E-state index contributed by atoms with van der Waals surface area (Å²) in [5.74, 6) is 0.177. The smallest absolute Gasteiger partial charge is 0.221 e. The second-order valence-electron chi connectivity index (χ2n) is 4.96. The van der Waals surface area contributed by atoms with Crippen LogP contribution < -0.4 is 10.6 Å². The largest absolute Gasteiger partial charge is 0.507 e. The molecular formula is C14H20N2O2. The van der Waals surface area contributed by atoms with E-state index in [9.17, 15) is 9.90 Å². The molecule has 1 amide bonds. The molecule has 98 valence electrons. The fourth-order valence-electron chi connectivity index (χ4n) is 2.59. The van der Waals surface area contributed by atoms with E-state index in [-0.39, 0.29) is 11.9 Å². The van der Waals surface area contributed by atoms with Crippen LogP contribution in [-0.4, -0.2) is 17.6 Å². The normalized spacial score (nSPS) is 18.9. The molecule has 0 aromatic heterocycles. The zero-order valence-electron chi connectivity index (χ0n) is 11.1. The third-order valence-electron chi connectivity index (χ3n) is 3.51. The molecule has 2 rings (SSSR count). The van der Waals surface area contributed by atoms with E-state index in [1.807, 2.05) is 19.9 Å².